The number of rotatable bonds is 25. The van der Waals surface area contributed by atoms with Crippen LogP contribution in [0.15, 0.2) is 24.3 Å². The van der Waals surface area contributed by atoms with Gasteiger partial charge in [0.05, 0.1) is 31.3 Å². The van der Waals surface area contributed by atoms with Crippen molar-refractivity contribution in [1.29, 1.82) is 0 Å². The first-order valence-corrected chi connectivity index (χ1v) is 18.4. The molecule has 1 fully saturated rings. The Balaban J connectivity index is 2.76. The molecule has 0 heterocycles. The molecule has 1 rings (SSSR count). The Hall–Kier alpha value is -1.22. The summed E-state index contributed by atoms with van der Waals surface area (Å²) in [6.45, 7) is 3.54. The van der Waals surface area contributed by atoms with Gasteiger partial charge >= 0.3 is 7.82 Å². The second-order valence-corrected chi connectivity index (χ2v) is 13.6. The summed E-state index contributed by atoms with van der Waals surface area (Å²) in [5.41, 5.74) is 0. The molecule has 0 aromatic carbocycles. The number of unbranched alkanes of at least 4 members (excludes halogenated alkanes) is 10. The maximum Gasteiger partial charge on any atom is 0.472 e. The summed E-state index contributed by atoms with van der Waals surface area (Å²) >= 11 is 0. The Labute approximate surface area is 274 Å². The highest BCUT2D eigenvalue weighted by Gasteiger charge is 2.51. The first kappa shape index (κ1) is 42.8. The predicted molar refractivity (Wildman–Crippen MR) is 174 cm³/mol. The third-order valence-electron chi connectivity index (χ3n) is 8.03. The van der Waals surface area contributed by atoms with Crippen LogP contribution in [0.5, 0.6) is 0 Å². The van der Waals surface area contributed by atoms with Crippen molar-refractivity contribution in [2.75, 3.05) is 6.61 Å². The molecule has 13 nitrogen and oxygen atoms in total. The highest BCUT2D eigenvalue weighted by molar-refractivity contribution is 7.47. The number of aliphatic hydroxyl groups excluding tert-OH is 7. The van der Waals surface area contributed by atoms with Gasteiger partial charge in [-0.1, -0.05) is 89.5 Å². The molecule has 0 spiro atoms. The van der Waals surface area contributed by atoms with E-state index in [9.17, 15) is 50.0 Å². The van der Waals surface area contributed by atoms with Crippen LogP contribution < -0.4 is 5.32 Å². The first-order valence-electron chi connectivity index (χ1n) is 16.9. The third-order valence-corrected chi connectivity index (χ3v) is 9.02. The van der Waals surface area contributed by atoms with Gasteiger partial charge in [-0.2, -0.15) is 0 Å². The number of hydrogen-bond acceptors (Lipinski definition) is 11. The number of aliphatic hydroxyl groups is 7. The van der Waals surface area contributed by atoms with E-state index in [0.29, 0.717) is 19.3 Å². The van der Waals surface area contributed by atoms with Crippen LogP contribution in [0.3, 0.4) is 0 Å². The van der Waals surface area contributed by atoms with E-state index in [-0.39, 0.29) is 6.42 Å². The molecule has 1 saturated carbocycles. The zero-order chi connectivity index (χ0) is 34.5. The fraction of sp³-hybridized carbons (Fsp3) is 0.844. The average molecular weight is 682 g/mol. The second-order valence-electron chi connectivity index (χ2n) is 12.2. The minimum atomic E-state index is -5.12. The van der Waals surface area contributed by atoms with Crippen LogP contribution in [0.2, 0.25) is 0 Å². The fourth-order valence-electron chi connectivity index (χ4n) is 5.10. The maximum absolute atomic E-state index is 12.8. The topological polar surface area (TPSA) is 226 Å². The summed E-state index contributed by atoms with van der Waals surface area (Å²) in [5, 5.41) is 73.5. The Morgan fingerprint density at radius 3 is 1.91 bits per heavy atom. The molecule has 270 valence electrons. The number of phosphoric acid groups is 1. The fourth-order valence-corrected chi connectivity index (χ4v) is 6.07. The van der Waals surface area contributed by atoms with Crippen molar-refractivity contribution in [2.24, 2.45) is 0 Å². The third kappa shape index (κ3) is 17.3. The minimum Gasteiger partial charge on any atom is -0.393 e. The Bertz CT molecular complexity index is 906. The molecule has 1 aliphatic rings. The molecule has 46 heavy (non-hydrogen) atoms. The van der Waals surface area contributed by atoms with Crippen LogP contribution in [-0.4, -0.2) is 108 Å². The van der Waals surface area contributed by atoms with Gasteiger partial charge in [-0.3, -0.25) is 13.8 Å². The molecular weight excluding hydrogens is 621 g/mol. The molecule has 0 saturated heterocycles. The van der Waals surface area contributed by atoms with Crippen LogP contribution in [-0.2, 0) is 18.4 Å². The Morgan fingerprint density at radius 1 is 0.761 bits per heavy atom. The summed E-state index contributed by atoms with van der Waals surface area (Å²) in [6.07, 6.45) is 6.35. The van der Waals surface area contributed by atoms with Gasteiger partial charge in [0, 0.05) is 0 Å². The summed E-state index contributed by atoms with van der Waals surface area (Å²) in [4.78, 5) is 23.0. The summed E-state index contributed by atoms with van der Waals surface area (Å²) in [5.74, 6) is -0.615. The molecule has 0 aromatic rings. The van der Waals surface area contributed by atoms with Crippen molar-refractivity contribution in [3.8, 4) is 0 Å². The van der Waals surface area contributed by atoms with Crippen molar-refractivity contribution in [3.05, 3.63) is 24.3 Å². The number of carbonyl (C=O) groups is 1. The number of nitrogens with one attached hydrogen (secondary N) is 1. The van der Waals surface area contributed by atoms with E-state index in [1.165, 1.54) is 12.5 Å². The van der Waals surface area contributed by atoms with Crippen molar-refractivity contribution in [2.45, 2.75) is 165 Å². The number of hydrogen-bond donors (Lipinski definition) is 9. The molecule has 1 amide bonds. The highest BCUT2D eigenvalue weighted by atomic mass is 31.2. The van der Waals surface area contributed by atoms with Gasteiger partial charge in [0.15, 0.2) is 0 Å². The van der Waals surface area contributed by atoms with Gasteiger partial charge in [0.2, 0.25) is 5.91 Å². The van der Waals surface area contributed by atoms with Crippen LogP contribution in [0.1, 0.15) is 110 Å². The molecule has 9 N–H and O–H groups in total. The summed E-state index contributed by atoms with van der Waals surface area (Å²) in [7, 11) is -5.12. The normalized spacial score (nSPS) is 27.1. The predicted octanol–water partition coefficient (Wildman–Crippen LogP) is 2.52. The van der Waals surface area contributed by atoms with E-state index in [2.05, 4.69) is 31.3 Å². The van der Waals surface area contributed by atoms with E-state index >= 15 is 0 Å². The molecule has 1 aliphatic carbocycles. The van der Waals surface area contributed by atoms with Crippen LogP contribution >= 0.6 is 7.82 Å². The lowest BCUT2D eigenvalue weighted by Crippen LogP contribution is -2.64. The number of amides is 1. The van der Waals surface area contributed by atoms with E-state index in [1.54, 1.807) is 6.08 Å². The Kier molecular flexibility index (Phi) is 22.3. The second kappa shape index (κ2) is 24.0. The molecule has 0 radical (unpaired) electrons. The number of carbonyl (C=O) groups excluding carboxylic acids is 1. The largest absolute Gasteiger partial charge is 0.472 e. The highest BCUT2D eigenvalue weighted by Crippen LogP contribution is 2.47. The maximum atomic E-state index is 12.8. The quantitative estimate of drug-likeness (QED) is 0.0385. The molecule has 8 atom stereocenters. The van der Waals surface area contributed by atoms with Gasteiger partial charge in [-0.05, 0) is 38.5 Å². The zero-order valence-corrected chi connectivity index (χ0v) is 28.4. The van der Waals surface area contributed by atoms with E-state index < -0.39 is 75.2 Å². The molecule has 0 bridgehead atoms. The lowest BCUT2D eigenvalue weighted by atomic mass is 9.85. The van der Waals surface area contributed by atoms with Crippen molar-refractivity contribution in [1.82, 2.24) is 5.32 Å². The van der Waals surface area contributed by atoms with Crippen LogP contribution in [0, 0.1) is 0 Å². The van der Waals surface area contributed by atoms with Crippen LogP contribution in [0.4, 0.5) is 0 Å². The van der Waals surface area contributed by atoms with Crippen molar-refractivity contribution in [3.63, 3.8) is 0 Å². The van der Waals surface area contributed by atoms with E-state index in [4.69, 9.17) is 9.05 Å². The SMILES string of the molecule is CCCC/C=C\CCCCC(O)CC(=O)NC(COP(=O)(O)OC1C(O)C(O)C(O)C(O)C1O)C(O)/C=C/CCCCCCCC. The summed E-state index contributed by atoms with van der Waals surface area (Å²) in [6, 6.07) is -1.24. The van der Waals surface area contributed by atoms with Gasteiger partial charge in [0.1, 0.15) is 36.6 Å². The molecule has 0 aromatic heterocycles. The standard InChI is InChI=1S/C32H60NO12P/c1-3-5-7-9-11-13-15-17-19-23(34)21-26(36)33-24(25(35)20-18-16-14-12-10-8-6-4-2)22-44-46(42,43)45-32-30(40)28(38)27(37)29(39)31(32)41/h9,11,18,20,23-25,27-32,34-35,37-41H,3-8,10,12-17,19,21-22H2,1-2H3,(H,33,36)(H,42,43)/b11-9-,20-18+. The smallest absolute Gasteiger partial charge is 0.393 e. The Morgan fingerprint density at radius 2 is 1.28 bits per heavy atom. The molecule has 14 heteroatoms. The molecular formula is C32H60NO12P. The van der Waals surface area contributed by atoms with Gasteiger partial charge in [-0.25, -0.2) is 4.57 Å². The van der Waals surface area contributed by atoms with Gasteiger partial charge < -0.3 is 46.0 Å². The molecule has 0 aliphatic heterocycles. The average Bonchev–Trinajstić information content (AvgIpc) is 3.01. The lowest BCUT2D eigenvalue weighted by molar-refractivity contribution is -0.220. The molecule has 8 unspecified atom stereocenters. The summed E-state index contributed by atoms with van der Waals surface area (Å²) < 4.78 is 22.5. The zero-order valence-electron chi connectivity index (χ0n) is 27.5. The first-order chi connectivity index (χ1) is 21.8. The van der Waals surface area contributed by atoms with Crippen molar-refractivity contribution < 1.29 is 59.0 Å². The van der Waals surface area contributed by atoms with Crippen molar-refractivity contribution >= 4 is 13.7 Å². The minimum absolute atomic E-state index is 0.261. The van der Waals surface area contributed by atoms with Gasteiger partial charge in [0.25, 0.3) is 0 Å². The monoisotopic (exact) mass is 681 g/mol. The van der Waals surface area contributed by atoms with E-state index in [0.717, 1.165) is 64.2 Å². The van der Waals surface area contributed by atoms with Gasteiger partial charge in [-0.15, -0.1) is 0 Å². The number of allylic oxidation sites excluding steroid dienone is 3. The lowest BCUT2D eigenvalue weighted by Gasteiger charge is -2.41. The van der Waals surface area contributed by atoms with Crippen LogP contribution in [0.25, 0.3) is 0 Å². The van der Waals surface area contributed by atoms with E-state index in [1.807, 2.05) is 0 Å². The number of phosphoric ester groups is 1.